The molecule has 3 aromatic rings. The van der Waals surface area contributed by atoms with Crippen LogP contribution in [0.3, 0.4) is 0 Å². The molecular formula is C23H28N6O3. The summed E-state index contributed by atoms with van der Waals surface area (Å²) in [5.74, 6) is 0.870. The van der Waals surface area contributed by atoms with Crippen LogP contribution in [-0.2, 0) is 21.6 Å². The zero-order valence-corrected chi connectivity index (χ0v) is 18.1. The lowest BCUT2D eigenvalue weighted by molar-refractivity contribution is -0.0284. The highest BCUT2D eigenvalue weighted by atomic mass is 16.5. The number of hydrogen-bond donors (Lipinski definition) is 1. The maximum atomic E-state index is 12.4. The number of ether oxygens (including phenoxy) is 2. The number of morpholine rings is 1. The molecule has 1 aliphatic carbocycles. The molecule has 2 fully saturated rings. The van der Waals surface area contributed by atoms with Gasteiger partial charge in [0.25, 0.3) is 0 Å². The van der Waals surface area contributed by atoms with Gasteiger partial charge in [-0.1, -0.05) is 49.2 Å². The molecular weight excluding hydrogens is 408 g/mol. The Hall–Kier alpha value is -3.04. The van der Waals surface area contributed by atoms with E-state index >= 15 is 0 Å². The Morgan fingerprint density at radius 1 is 1.09 bits per heavy atom. The topological polar surface area (TPSA) is 94.4 Å². The Morgan fingerprint density at radius 3 is 2.72 bits per heavy atom. The van der Waals surface area contributed by atoms with E-state index in [0.29, 0.717) is 6.54 Å². The van der Waals surface area contributed by atoms with Gasteiger partial charge in [0, 0.05) is 18.5 Å². The number of rotatable bonds is 6. The molecule has 9 nitrogen and oxygen atoms in total. The Bertz CT molecular complexity index is 1070. The van der Waals surface area contributed by atoms with Gasteiger partial charge in [0.15, 0.2) is 5.82 Å². The van der Waals surface area contributed by atoms with Crippen molar-refractivity contribution in [3.8, 4) is 0 Å². The van der Waals surface area contributed by atoms with Crippen LogP contribution in [0.25, 0.3) is 10.8 Å². The van der Waals surface area contributed by atoms with Gasteiger partial charge < -0.3 is 9.47 Å². The van der Waals surface area contributed by atoms with Crippen molar-refractivity contribution in [1.82, 2.24) is 25.1 Å². The van der Waals surface area contributed by atoms with Crippen molar-refractivity contribution in [1.29, 1.82) is 0 Å². The number of anilines is 1. The number of hydrogen-bond acceptors (Lipinski definition) is 7. The van der Waals surface area contributed by atoms with Gasteiger partial charge in [-0.25, -0.2) is 9.48 Å². The average molecular weight is 437 g/mol. The van der Waals surface area contributed by atoms with Gasteiger partial charge in [-0.15, -0.1) is 5.10 Å². The Morgan fingerprint density at radius 2 is 1.88 bits per heavy atom. The zero-order chi connectivity index (χ0) is 21.8. The van der Waals surface area contributed by atoms with Crippen LogP contribution in [0.1, 0.15) is 31.5 Å². The number of aromatic nitrogens is 4. The number of tetrazole rings is 1. The SMILES string of the molecule is O=C(Nc1cccc2ccccc12)OCCn1nnnc1C1(N2CCOCC2)CCCC1. The van der Waals surface area contributed by atoms with Gasteiger partial charge >= 0.3 is 6.09 Å². The van der Waals surface area contributed by atoms with Crippen LogP contribution in [-0.4, -0.2) is 64.1 Å². The molecule has 168 valence electrons. The van der Waals surface area contributed by atoms with Crippen molar-refractivity contribution in [2.75, 3.05) is 38.2 Å². The minimum Gasteiger partial charge on any atom is -0.447 e. The van der Waals surface area contributed by atoms with Crippen LogP contribution in [0.2, 0.25) is 0 Å². The smallest absolute Gasteiger partial charge is 0.411 e. The van der Waals surface area contributed by atoms with Crippen LogP contribution >= 0.6 is 0 Å². The molecule has 2 aromatic carbocycles. The van der Waals surface area contributed by atoms with Gasteiger partial charge in [0.2, 0.25) is 0 Å². The molecule has 2 heterocycles. The highest BCUT2D eigenvalue weighted by molar-refractivity contribution is 6.00. The summed E-state index contributed by atoms with van der Waals surface area (Å²) in [6, 6.07) is 13.7. The van der Waals surface area contributed by atoms with Crippen LogP contribution in [0.4, 0.5) is 10.5 Å². The fourth-order valence-corrected chi connectivity index (χ4v) is 5.03. The Labute approximate surface area is 186 Å². The number of carbonyl (C=O) groups is 1. The van der Waals surface area contributed by atoms with Crippen LogP contribution in [0, 0.1) is 0 Å². The quantitative estimate of drug-likeness (QED) is 0.634. The van der Waals surface area contributed by atoms with Gasteiger partial charge in [-0.3, -0.25) is 10.2 Å². The lowest BCUT2D eigenvalue weighted by atomic mass is 9.93. The van der Waals surface area contributed by atoms with Gasteiger partial charge in [-0.2, -0.15) is 0 Å². The molecule has 9 heteroatoms. The zero-order valence-electron chi connectivity index (χ0n) is 18.1. The number of fused-ring (bicyclic) bond motifs is 1. The van der Waals surface area contributed by atoms with E-state index in [9.17, 15) is 4.79 Å². The molecule has 32 heavy (non-hydrogen) atoms. The van der Waals surface area contributed by atoms with Crippen molar-refractivity contribution in [3.63, 3.8) is 0 Å². The molecule has 1 aliphatic heterocycles. The van der Waals surface area contributed by atoms with Crippen molar-refractivity contribution in [2.24, 2.45) is 0 Å². The van der Waals surface area contributed by atoms with Crippen LogP contribution < -0.4 is 5.32 Å². The predicted octanol–water partition coefficient (Wildman–Crippen LogP) is 3.18. The molecule has 0 atom stereocenters. The highest BCUT2D eigenvalue weighted by Crippen LogP contribution is 2.43. The molecule has 2 aliphatic rings. The molecule has 1 amide bonds. The fourth-order valence-electron chi connectivity index (χ4n) is 5.03. The van der Waals surface area contributed by atoms with Crippen LogP contribution in [0.5, 0.6) is 0 Å². The third kappa shape index (κ3) is 4.05. The largest absolute Gasteiger partial charge is 0.447 e. The Kier molecular flexibility index (Phi) is 6.00. The van der Waals surface area contributed by atoms with E-state index in [4.69, 9.17) is 9.47 Å². The van der Waals surface area contributed by atoms with E-state index in [-0.39, 0.29) is 12.1 Å². The second kappa shape index (κ2) is 9.22. The summed E-state index contributed by atoms with van der Waals surface area (Å²) in [6.45, 7) is 3.85. The monoisotopic (exact) mass is 436 g/mol. The molecule has 1 aromatic heterocycles. The summed E-state index contributed by atoms with van der Waals surface area (Å²) in [4.78, 5) is 14.9. The summed E-state index contributed by atoms with van der Waals surface area (Å²) in [5, 5.41) is 17.5. The minimum atomic E-state index is -0.486. The number of nitrogens with zero attached hydrogens (tertiary/aromatic N) is 5. The molecule has 0 unspecified atom stereocenters. The minimum absolute atomic E-state index is 0.154. The molecule has 0 bridgehead atoms. The molecule has 1 saturated carbocycles. The van der Waals surface area contributed by atoms with Crippen molar-refractivity contribution >= 4 is 22.6 Å². The fraction of sp³-hybridized carbons (Fsp3) is 0.478. The van der Waals surface area contributed by atoms with Gasteiger partial charge in [-0.05, 0) is 34.7 Å². The van der Waals surface area contributed by atoms with Gasteiger partial charge in [0.05, 0.1) is 31.0 Å². The maximum absolute atomic E-state index is 12.4. The Balaban J connectivity index is 1.23. The van der Waals surface area contributed by atoms with Crippen molar-refractivity contribution in [2.45, 2.75) is 37.8 Å². The standard InChI is InChI=1S/C23H28N6O3/c30-22(24-20-9-5-7-18-6-1-2-8-19(18)20)32-17-14-29-21(25-26-27-29)23(10-3-4-11-23)28-12-15-31-16-13-28/h1-2,5-9H,3-4,10-17H2,(H,24,30). The second-order valence-electron chi connectivity index (χ2n) is 8.35. The molecule has 0 radical (unpaired) electrons. The predicted molar refractivity (Wildman–Crippen MR) is 119 cm³/mol. The summed E-state index contributed by atoms with van der Waals surface area (Å²) < 4.78 is 12.8. The first kappa shape index (κ1) is 20.8. The van der Waals surface area contributed by atoms with E-state index in [2.05, 4.69) is 25.7 Å². The van der Waals surface area contributed by atoms with E-state index in [1.165, 1.54) is 0 Å². The molecule has 5 rings (SSSR count). The molecule has 1 N–H and O–H groups in total. The average Bonchev–Trinajstić information content (AvgIpc) is 3.50. The first-order chi connectivity index (χ1) is 15.8. The summed E-state index contributed by atoms with van der Waals surface area (Å²) >= 11 is 0. The lowest BCUT2D eigenvalue weighted by Gasteiger charge is -2.42. The first-order valence-corrected chi connectivity index (χ1v) is 11.3. The van der Waals surface area contributed by atoms with Gasteiger partial charge in [0.1, 0.15) is 6.61 Å². The number of nitrogens with one attached hydrogen (secondary N) is 1. The normalized spacial score (nSPS) is 18.6. The van der Waals surface area contributed by atoms with Crippen molar-refractivity contribution < 1.29 is 14.3 Å². The molecule has 0 spiro atoms. The summed E-state index contributed by atoms with van der Waals surface area (Å²) in [6.07, 6.45) is 3.91. The number of carbonyl (C=O) groups excluding carboxylic acids is 1. The van der Waals surface area contributed by atoms with E-state index in [0.717, 1.165) is 74.3 Å². The van der Waals surface area contributed by atoms with E-state index in [1.54, 1.807) is 4.68 Å². The van der Waals surface area contributed by atoms with E-state index < -0.39 is 6.09 Å². The number of amides is 1. The lowest BCUT2D eigenvalue weighted by Crippen LogP contribution is -2.51. The van der Waals surface area contributed by atoms with Crippen molar-refractivity contribution in [3.05, 3.63) is 48.3 Å². The van der Waals surface area contributed by atoms with Crippen LogP contribution in [0.15, 0.2) is 42.5 Å². The first-order valence-electron chi connectivity index (χ1n) is 11.3. The third-order valence-electron chi connectivity index (χ3n) is 6.56. The second-order valence-corrected chi connectivity index (χ2v) is 8.35. The summed E-state index contributed by atoms with van der Waals surface area (Å²) in [7, 11) is 0. The van der Waals surface area contributed by atoms with E-state index in [1.807, 2.05) is 42.5 Å². The highest BCUT2D eigenvalue weighted by Gasteiger charge is 2.45. The maximum Gasteiger partial charge on any atom is 0.411 e. The third-order valence-corrected chi connectivity index (χ3v) is 6.56. The molecule has 1 saturated heterocycles. The summed E-state index contributed by atoms with van der Waals surface area (Å²) in [5.41, 5.74) is 0.576. The number of benzene rings is 2.